The molecule has 0 atom stereocenters. The number of ether oxygens (including phenoxy) is 2. The van der Waals surface area contributed by atoms with Gasteiger partial charge in [-0.05, 0) is 50.0 Å². The maximum absolute atomic E-state index is 12.8. The molecule has 158 valence electrons. The molecule has 0 amide bonds. The Kier molecular flexibility index (Phi) is 7.61. The first-order chi connectivity index (χ1) is 14.1. The standard InChI is InChI=1S/C22H31N3O3S/c1-5-24(6-2)10-11-25-20-9-7-8-19(20)21(23-22(25)26)29-15-16-12-17(27-3)14-18(13-16)28-4/h12-14H,5-11,15H2,1-4H3. The average Bonchev–Trinajstić information content (AvgIpc) is 3.23. The fraction of sp³-hybridized carbons (Fsp3) is 0.545. The smallest absolute Gasteiger partial charge is 0.348 e. The fourth-order valence-corrected chi connectivity index (χ4v) is 4.83. The van der Waals surface area contributed by atoms with Crippen LogP contribution in [-0.2, 0) is 25.1 Å². The Labute approximate surface area is 177 Å². The van der Waals surface area contributed by atoms with Gasteiger partial charge in [-0.25, -0.2) is 4.79 Å². The van der Waals surface area contributed by atoms with Crippen molar-refractivity contribution in [3.05, 3.63) is 45.5 Å². The van der Waals surface area contributed by atoms with Gasteiger partial charge in [0.1, 0.15) is 16.5 Å². The van der Waals surface area contributed by atoms with Gasteiger partial charge in [0, 0.05) is 36.2 Å². The summed E-state index contributed by atoms with van der Waals surface area (Å²) in [6.45, 7) is 7.91. The predicted octanol–water partition coefficient (Wildman–Crippen LogP) is 3.38. The van der Waals surface area contributed by atoms with Crippen LogP contribution >= 0.6 is 11.8 Å². The molecule has 7 heteroatoms. The highest BCUT2D eigenvalue weighted by Gasteiger charge is 2.22. The van der Waals surface area contributed by atoms with Crippen LogP contribution in [0.5, 0.6) is 11.5 Å². The quantitative estimate of drug-likeness (QED) is 0.436. The van der Waals surface area contributed by atoms with Gasteiger partial charge in [-0.3, -0.25) is 4.57 Å². The summed E-state index contributed by atoms with van der Waals surface area (Å²) in [6, 6.07) is 5.86. The second-order valence-corrected chi connectivity index (χ2v) is 8.13. The summed E-state index contributed by atoms with van der Waals surface area (Å²) in [5, 5.41) is 0.878. The summed E-state index contributed by atoms with van der Waals surface area (Å²) in [6.07, 6.45) is 3.05. The number of likely N-dealkylation sites (N-methyl/N-ethyl adjacent to an activating group) is 1. The zero-order valence-corrected chi connectivity index (χ0v) is 18.7. The molecule has 0 bridgehead atoms. The van der Waals surface area contributed by atoms with Crippen molar-refractivity contribution in [3.63, 3.8) is 0 Å². The normalized spacial score (nSPS) is 13.0. The second kappa shape index (κ2) is 10.2. The Morgan fingerprint density at radius 1 is 1.10 bits per heavy atom. The molecule has 0 spiro atoms. The van der Waals surface area contributed by atoms with Crippen LogP contribution in [0.3, 0.4) is 0 Å². The SMILES string of the molecule is CCN(CC)CCn1c2c(c(SCc3cc(OC)cc(OC)c3)nc1=O)CCC2. The summed E-state index contributed by atoms with van der Waals surface area (Å²) < 4.78 is 12.6. The Morgan fingerprint density at radius 2 is 1.79 bits per heavy atom. The summed E-state index contributed by atoms with van der Waals surface area (Å²) in [7, 11) is 3.30. The van der Waals surface area contributed by atoms with E-state index in [0.29, 0.717) is 6.54 Å². The van der Waals surface area contributed by atoms with Crippen molar-refractivity contribution in [1.29, 1.82) is 0 Å². The van der Waals surface area contributed by atoms with E-state index in [1.165, 1.54) is 11.3 Å². The molecule has 0 fully saturated rings. The van der Waals surface area contributed by atoms with Crippen molar-refractivity contribution < 1.29 is 9.47 Å². The van der Waals surface area contributed by atoms with Gasteiger partial charge in [0.25, 0.3) is 0 Å². The van der Waals surface area contributed by atoms with Gasteiger partial charge < -0.3 is 14.4 Å². The number of nitrogens with zero attached hydrogens (tertiary/aromatic N) is 3. The highest BCUT2D eigenvalue weighted by molar-refractivity contribution is 7.98. The van der Waals surface area contributed by atoms with Gasteiger partial charge in [-0.1, -0.05) is 13.8 Å². The molecule has 0 saturated heterocycles. The first-order valence-electron chi connectivity index (χ1n) is 10.3. The molecule has 0 unspecified atom stereocenters. The number of methoxy groups -OCH3 is 2. The zero-order chi connectivity index (χ0) is 20.8. The molecule has 6 nitrogen and oxygen atoms in total. The maximum Gasteiger partial charge on any atom is 0.348 e. The van der Waals surface area contributed by atoms with Crippen molar-refractivity contribution in [2.75, 3.05) is 33.9 Å². The van der Waals surface area contributed by atoms with Crippen molar-refractivity contribution in [3.8, 4) is 11.5 Å². The van der Waals surface area contributed by atoms with E-state index in [1.54, 1.807) is 26.0 Å². The highest BCUT2D eigenvalue weighted by Crippen LogP contribution is 2.32. The number of thioether (sulfide) groups is 1. The van der Waals surface area contributed by atoms with Crippen molar-refractivity contribution in [1.82, 2.24) is 14.5 Å². The minimum Gasteiger partial charge on any atom is -0.497 e. The zero-order valence-electron chi connectivity index (χ0n) is 17.9. The fourth-order valence-electron chi connectivity index (χ4n) is 3.82. The number of hydrogen-bond acceptors (Lipinski definition) is 6. The van der Waals surface area contributed by atoms with Crippen LogP contribution in [0.1, 0.15) is 37.1 Å². The number of benzene rings is 1. The minimum absolute atomic E-state index is 0.122. The molecule has 0 saturated carbocycles. The van der Waals surface area contributed by atoms with Gasteiger partial charge in [-0.2, -0.15) is 4.98 Å². The van der Waals surface area contributed by atoms with Crippen LogP contribution in [0.15, 0.2) is 28.0 Å². The minimum atomic E-state index is -0.122. The first-order valence-corrected chi connectivity index (χ1v) is 11.3. The van der Waals surface area contributed by atoms with Gasteiger partial charge in [-0.15, -0.1) is 11.8 Å². The van der Waals surface area contributed by atoms with Crippen LogP contribution in [0.4, 0.5) is 0 Å². The molecule has 3 rings (SSSR count). The number of rotatable bonds is 10. The molecule has 0 aliphatic heterocycles. The van der Waals surface area contributed by atoms with E-state index in [0.717, 1.165) is 66.7 Å². The second-order valence-electron chi connectivity index (χ2n) is 7.17. The van der Waals surface area contributed by atoms with Crippen LogP contribution in [0.25, 0.3) is 0 Å². The summed E-state index contributed by atoms with van der Waals surface area (Å²) in [5.74, 6) is 2.26. The molecule has 1 aromatic heterocycles. The molecular formula is C22H31N3O3S. The molecule has 2 aromatic rings. The summed E-state index contributed by atoms with van der Waals surface area (Å²) >= 11 is 1.63. The lowest BCUT2D eigenvalue weighted by Crippen LogP contribution is -2.33. The predicted molar refractivity (Wildman–Crippen MR) is 117 cm³/mol. The van der Waals surface area contributed by atoms with Crippen LogP contribution in [-0.4, -0.2) is 48.3 Å². The lowest BCUT2D eigenvalue weighted by Gasteiger charge is -2.20. The molecule has 0 radical (unpaired) electrons. The van der Waals surface area contributed by atoms with E-state index >= 15 is 0 Å². The third kappa shape index (κ3) is 5.14. The number of fused-ring (bicyclic) bond motifs is 1. The van der Waals surface area contributed by atoms with Crippen molar-refractivity contribution in [2.24, 2.45) is 0 Å². The van der Waals surface area contributed by atoms with E-state index in [4.69, 9.17) is 9.47 Å². The lowest BCUT2D eigenvalue weighted by molar-refractivity contribution is 0.286. The van der Waals surface area contributed by atoms with Gasteiger partial charge in [0.2, 0.25) is 0 Å². The molecular weight excluding hydrogens is 386 g/mol. The number of hydrogen-bond donors (Lipinski definition) is 0. The number of aromatic nitrogens is 2. The Hall–Kier alpha value is -1.99. The third-order valence-corrected chi connectivity index (χ3v) is 6.61. The molecule has 29 heavy (non-hydrogen) atoms. The molecule has 1 heterocycles. The van der Waals surface area contributed by atoms with E-state index < -0.39 is 0 Å². The molecule has 0 N–H and O–H groups in total. The van der Waals surface area contributed by atoms with Crippen molar-refractivity contribution >= 4 is 11.8 Å². The van der Waals surface area contributed by atoms with Gasteiger partial charge >= 0.3 is 5.69 Å². The third-order valence-electron chi connectivity index (χ3n) is 5.52. The van der Waals surface area contributed by atoms with Crippen LogP contribution < -0.4 is 15.2 Å². The largest absolute Gasteiger partial charge is 0.497 e. The summed E-state index contributed by atoms with van der Waals surface area (Å²) in [4.78, 5) is 19.6. The average molecular weight is 418 g/mol. The van der Waals surface area contributed by atoms with Gasteiger partial charge in [0.05, 0.1) is 14.2 Å². The lowest BCUT2D eigenvalue weighted by atomic mass is 10.2. The Bertz CT molecular complexity index is 871. The maximum atomic E-state index is 12.8. The van der Waals surface area contributed by atoms with E-state index in [1.807, 2.05) is 22.8 Å². The highest BCUT2D eigenvalue weighted by atomic mass is 32.2. The molecule has 1 aliphatic carbocycles. The molecule has 1 aromatic carbocycles. The molecule has 1 aliphatic rings. The van der Waals surface area contributed by atoms with E-state index in [2.05, 4.69) is 23.7 Å². The van der Waals surface area contributed by atoms with Crippen LogP contribution in [0.2, 0.25) is 0 Å². The topological polar surface area (TPSA) is 56.6 Å². The Balaban J connectivity index is 1.80. The summed E-state index contributed by atoms with van der Waals surface area (Å²) in [5.41, 5.74) is 3.40. The Morgan fingerprint density at radius 3 is 2.41 bits per heavy atom. The van der Waals surface area contributed by atoms with Gasteiger partial charge in [0.15, 0.2) is 0 Å². The van der Waals surface area contributed by atoms with Crippen LogP contribution in [0, 0.1) is 0 Å². The first kappa shape index (κ1) is 21.7. The van der Waals surface area contributed by atoms with Crippen molar-refractivity contribution in [2.45, 2.75) is 50.4 Å². The van der Waals surface area contributed by atoms with E-state index in [-0.39, 0.29) is 5.69 Å². The monoisotopic (exact) mass is 417 g/mol. The van der Waals surface area contributed by atoms with E-state index in [9.17, 15) is 4.79 Å².